The molecule has 2 aromatic carbocycles. The molecule has 0 radical (unpaired) electrons. The van der Waals surface area contributed by atoms with Crippen molar-refractivity contribution in [3.05, 3.63) is 59.4 Å². The summed E-state index contributed by atoms with van der Waals surface area (Å²) in [6.07, 6.45) is 0. The summed E-state index contributed by atoms with van der Waals surface area (Å²) in [5.41, 5.74) is 2.58. The monoisotopic (exact) mass is 261 g/mol. The first-order chi connectivity index (χ1) is 8.69. The number of hydrogen-bond acceptors (Lipinski definition) is 2. The van der Waals surface area contributed by atoms with Crippen molar-refractivity contribution in [3.8, 4) is 0 Å². The van der Waals surface area contributed by atoms with Gasteiger partial charge in [-0.05, 0) is 61.5 Å². The molecule has 0 aromatic heterocycles. The highest BCUT2D eigenvalue weighted by molar-refractivity contribution is 7.99. The topological polar surface area (TPSA) is 12.0 Å². The van der Waals surface area contributed by atoms with E-state index in [-0.39, 0.29) is 5.82 Å². The predicted molar refractivity (Wildman–Crippen MR) is 74.5 cm³/mol. The van der Waals surface area contributed by atoms with E-state index in [9.17, 15) is 4.39 Å². The van der Waals surface area contributed by atoms with Gasteiger partial charge in [0, 0.05) is 16.3 Å². The van der Waals surface area contributed by atoms with E-state index in [0.717, 1.165) is 11.4 Å². The van der Waals surface area contributed by atoms with Crippen LogP contribution < -0.4 is 5.32 Å². The van der Waals surface area contributed by atoms with E-state index in [1.807, 2.05) is 7.05 Å². The second kappa shape index (κ2) is 6.03. The zero-order chi connectivity index (χ0) is 13.0. The van der Waals surface area contributed by atoms with Crippen LogP contribution >= 0.6 is 11.8 Å². The minimum Gasteiger partial charge on any atom is -0.316 e. The Morgan fingerprint density at radius 3 is 2.33 bits per heavy atom. The van der Waals surface area contributed by atoms with E-state index in [1.165, 1.54) is 28.2 Å². The van der Waals surface area contributed by atoms with Gasteiger partial charge in [-0.3, -0.25) is 0 Å². The molecule has 94 valence electrons. The number of aryl methyl sites for hydroxylation is 1. The Bertz CT molecular complexity index is 523. The molecule has 0 unspecified atom stereocenters. The Hall–Kier alpha value is -1.32. The average Bonchev–Trinajstić information content (AvgIpc) is 2.36. The van der Waals surface area contributed by atoms with Crippen LogP contribution in [0.1, 0.15) is 11.1 Å². The first kappa shape index (κ1) is 13.1. The van der Waals surface area contributed by atoms with Crippen LogP contribution in [0, 0.1) is 12.7 Å². The van der Waals surface area contributed by atoms with Crippen LogP contribution in [0.3, 0.4) is 0 Å². The quantitative estimate of drug-likeness (QED) is 0.892. The minimum absolute atomic E-state index is 0.195. The largest absolute Gasteiger partial charge is 0.316 e. The number of halogens is 1. The van der Waals surface area contributed by atoms with Crippen LogP contribution in [0.4, 0.5) is 4.39 Å². The molecule has 0 spiro atoms. The highest BCUT2D eigenvalue weighted by Gasteiger charge is 2.02. The molecule has 3 heteroatoms. The Kier molecular flexibility index (Phi) is 4.39. The molecule has 0 aliphatic carbocycles. The van der Waals surface area contributed by atoms with Crippen LogP contribution in [0.25, 0.3) is 0 Å². The van der Waals surface area contributed by atoms with E-state index >= 15 is 0 Å². The lowest BCUT2D eigenvalue weighted by atomic mass is 10.1. The van der Waals surface area contributed by atoms with Crippen molar-refractivity contribution in [2.75, 3.05) is 7.05 Å². The van der Waals surface area contributed by atoms with E-state index in [4.69, 9.17) is 0 Å². The molecule has 0 saturated heterocycles. The van der Waals surface area contributed by atoms with Crippen molar-refractivity contribution in [3.63, 3.8) is 0 Å². The van der Waals surface area contributed by atoms with Crippen molar-refractivity contribution < 1.29 is 4.39 Å². The van der Waals surface area contributed by atoms with Gasteiger partial charge in [0.15, 0.2) is 0 Å². The molecule has 0 heterocycles. The molecule has 0 bridgehead atoms. The first-order valence-electron chi connectivity index (χ1n) is 5.86. The van der Waals surface area contributed by atoms with Crippen molar-refractivity contribution in [1.29, 1.82) is 0 Å². The van der Waals surface area contributed by atoms with Gasteiger partial charge in [0.25, 0.3) is 0 Å². The smallest absolute Gasteiger partial charge is 0.123 e. The fraction of sp³-hybridized carbons (Fsp3) is 0.200. The van der Waals surface area contributed by atoms with Crippen LogP contribution in [-0.4, -0.2) is 7.05 Å². The Labute approximate surface area is 111 Å². The summed E-state index contributed by atoms with van der Waals surface area (Å²) in [4.78, 5) is 2.23. The molecular weight excluding hydrogens is 245 g/mol. The molecule has 0 aliphatic rings. The lowest BCUT2D eigenvalue weighted by Gasteiger charge is -2.08. The van der Waals surface area contributed by atoms with Crippen molar-refractivity contribution in [2.24, 2.45) is 0 Å². The molecule has 2 rings (SSSR count). The van der Waals surface area contributed by atoms with Gasteiger partial charge < -0.3 is 5.32 Å². The third-order valence-corrected chi connectivity index (χ3v) is 3.73. The summed E-state index contributed by atoms with van der Waals surface area (Å²) in [5, 5.41) is 3.15. The number of nitrogens with one attached hydrogen (secondary N) is 1. The van der Waals surface area contributed by atoms with Crippen molar-refractivity contribution in [2.45, 2.75) is 23.3 Å². The summed E-state index contributed by atoms with van der Waals surface area (Å²) >= 11 is 1.65. The molecule has 2 aromatic rings. The van der Waals surface area contributed by atoms with Gasteiger partial charge >= 0.3 is 0 Å². The van der Waals surface area contributed by atoms with Gasteiger partial charge in [-0.15, -0.1) is 0 Å². The number of hydrogen-bond donors (Lipinski definition) is 1. The normalized spacial score (nSPS) is 10.6. The SMILES string of the molecule is CNCc1ccc(Sc2ccc(F)cc2)cc1C. The standard InChI is InChI=1S/C15H16FNS/c1-11-9-15(6-3-12(11)10-17-2)18-14-7-4-13(16)5-8-14/h3-9,17H,10H2,1-2H3. The molecule has 0 fully saturated rings. The average molecular weight is 261 g/mol. The van der Waals surface area contributed by atoms with Crippen LogP contribution in [-0.2, 0) is 6.54 Å². The third kappa shape index (κ3) is 3.34. The fourth-order valence-corrected chi connectivity index (χ4v) is 2.68. The maximum absolute atomic E-state index is 12.8. The second-order valence-electron chi connectivity index (χ2n) is 4.17. The van der Waals surface area contributed by atoms with Gasteiger partial charge in [-0.25, -0.2) is 4.39 Å². The zero-order valence-corrected chi connectivity index (χ0v) is 11.4. The van der Waals surface area contributed by atoms with E-state index in [1.54, 1.807) is 23.9 Å². The van der Waals surface area contributed by atoms with E-state index in [2.05, 4.69) is 30.4 Å². The minimum atomic E-state index is -0.195. The Morgan fingerprint density at radius 2 is 1.72 bits per heavy atom. The molecule has 1 nitrogen and oxygen atoms in total. The Balaban J connectivity index is 2.14. The van der Waals surface area contributed by atoms with Crippen molar-refractivity contribution in [1.82, 2.24) is 5.32 Å². The molecule has 0 amide bonds. The van der Waals surface area contributed by atoms with Crippen LogP contribution in [0.5, 0.6) is 0 Å². The lowest BCUT2D eigenvalue weighted by Crippen LogP contribution is -2.06. The van der Waals surface area contributed by atoms with Gasteiger partial charge in [0.1, 0.15) is 5.82 Å². The third-order valence-electron chi connectivity index (χ3n) is 2.73. The fourth-order valence-electron chi connectivity index (χ4n) is 1.76. The molecule has 0 aliphatic heterocycles. The predicted octanol–water partition coefficient (Wildman–Crippen LogP) is 4.00. The summed E-state index contributed by atoms with van der Waals surface area (Å²) in [7, 11) is 1.95. The van der Waals surface area contributed by atoms with Crippen LogP contribution in [0.2, 0.25) is 0 Å². The summed E-state index contributed by atoms with van der Waals surface area (Å²) < 4.78 is 12.8. The Morgan fingerprint density at radius 1 is 1.06 bits per heavy atom. The van der Waals surface area contributed by atoms with Gasteiger partial charge in [0.05, 0.1) is 0 Å². The molecule has 0 atom stereocenters. The van der Waals surface area contributed by atoms with Gasteiger partial charge in [-0.1, -0.05) is 17.8 Å². The first-order valence-corrected chi connectivity index (χ1v) is 6.68. The van der Waals surface area contributed by atoms with Crippen molar-refractivity contribution >= 4 is 11.8 Å². The highest BCUT2D eigenvalue weighted by Crippen LogP contribution is 2.29. The van der Waals surface area contributed by atoms with Crippen LogP contribution in [0.15, 0.2) is 52.3 Å². The lowest BCUT2D eigenvalue weighted by molar-refractivity contribution is 0.626. The van der Waals surface area contributed by atoms with E-state index < -0.39 is 0 Å². The molecule has 0 saturated carbocycles. The molecule has 1 N–H and O–H groups in total. The highest BCUT2D eigenvalue weighted by atomic mass is 32.2. The number of benzene rings is 2. The maximum atomic E-state index is 12.8. The molecule has 18 heavy (non-hydrogen) atoms. The number of rotatable bonds is 4. The van der Waals surface area contributed by atoms with Gasteiger partial charge in [-0.2, -0.15) is 0 Å². The van der Waals surface area contributed by atoms with E-state index in [0.29, 0.717) is 0 Å². The summed E-state index contributed by atoms with van der Waals surface area (Å²) in [6.45, 7) is 2.99. The summed E-state index contributed by atoms with van der Waals surface area (Å²) in [6, 6.07) is 13.0. The van der Waals surface area contributed by atoms with Gasteiger partial charge in [0.2, 0.25) is 0 Å². The maximum Gasteiger partial charge on any atom is 0.123 e. The summed E-state index contributed by atoms with van der Waals surface area (Å²) in [5.74, 6) is -0.195. The second-order valence-corrected chi connectivity index (χ2v) is 5.32. The molecular formula is C15H16FNS. The zero-order valence-electron chi connectivity index (χ0n) is 10.5.